The van der Waals surface area contributed by atoms with Gasteiger partial charge in [0.05, 0.1) is 0 Å². The maximum atomic E-state index is 9.77. The highest BCUT2D eigenvalue weighted by Gasteiger charge is 2.12. The lowest BCUT2D eigenvalue weighted by atomic mass is 10.1. The first kappa shape index (κ1) is 13.3. The van der Waals surface area contributed by atoms with E-state index in [9.17, 15) is 5.11 Å². The summed E-state index contributed by atoms with van der Waals surface area (Å²) >= 11 is 3.41. The van der Waals surface area contributed by atoms with Crippen molar-refractivity contribution in [2.45, 2.75) is 32.4 Å². The van der Waals surface area contributed by atoms with Crippen LogP contribution < -0.4 is 5.32 Å². The van der Waals surface area contributed by atoms with Gasteiger partial charge < -0.3 is 10.4 Å². The second-order valence-electron chi connectivity index (χ2n) is 4.02. The molecular formula is C13H18BrNO. The number of phenolic OH excluding ortho intramolecular Hbond substituents is 1. The Morgan fingerprint density at radius 3 is 2.81 bits per heavy atom. The molecule has 1 aromatic rings. The van der Waals surface area contributed by atoms with E-state index in [2.05, 4.69) is 34.7 Å². The minimum atomic E-state index is 0.118. The fraction of sp³-hybridized carbons (Fsp3) is 0.385. The third-order valence-corrected chi connectivity index (χ3v) is 3.00. The Labute approximate surface area is 106 Å². The summed E-state index contributed by atoms with van der Waals surface area (Å²) in [6.07, 6.45) is 2.81. The van der Waals surface area contributed by atoms with Crippen molar-refractivity contribution in [1.82, 2.24) is 5.32 Å². The van der Waals surface area contributed by atoms with E-state index in [1.54, 1.807) is 6.07 Å². The van der Waals surface area contributed by atoms with Gasteiger partial charge in [0.2, 0.25) is 0 Å². The van der Waals surface area contributed by atoms with Crippen LogP contribution in [0.15, 0.2) is 35.3 Å². The maximum Gasteiger partial charge on any atom is 0.120 e. The van der Waals surface area contributed by atoms with E-state index in [4.69, 9.17) is 0 Å². The number of hydrogen-bond donors (Lipinski definition) is 2. The Hall–Kier alpha value is -0.800. The summed E-state index contributed by atoms with van der Waals surface area (Å²) in [5.41, 5.74) is 0.908. The Bertz CT molecular complexity index is 365. The van der Waals surface area contributed by atoms with Gasteiger partial charge in [-0.25, -0.2) is 0 Å². The second kappa shape index (κ2) is 6.06. The summed E-state index contributed by atoms with van der Waals surface area (Å²) in [6, 6.07) is 5.95. The van der Waals surface area contributed by atoms with Crippen LogP contribution in [-0.4, -0.2) is 11.1 Å². The summed E-state index contributed by atoms with van der Waals surface area (Å²) in [7, 11) is 0. The summed E-state index contributed by atoms with van der Waals surface area (Å²) in [5.74, 6) is 0.328. The molecule has 0 aliphatic rings. The average Bonchev–Trinajstić information content (AvgIpc) is 2.21. The molecule has 1 rings (SSSR count). The van der Waals surface area contributed by atoms with Gasteiger partial charge in [0, 0.05) is 22.1 Å². The van der Waals surface area contributed by atoms with Gasteiger partial charge in [0.25, 0.3) is 0 Å². The summed E-state index contributed by atoms with van der Waals surface area (Å²) < 4.78 is 0.977. The highest BCUT2D eigenvalue weighted by Crippen LogP contribution is 2.27. The predicted octanol–water partition coefficient (Wildman–Crippen LogP) is 3.77. The van der Waals surface area contributed by atoms with Crippen LogP contribution in [0.5, 0.6) is 5.75 Å². The van der Waals surface area contributed by atoms with Crippen molar-refractivity contribution in [3.05, 3.63) is 40.9 Å². The standard InChI is InChI=1S/C13H18BrNO/c1-4-5-9(2)15-10(3)12-8-11(14)6-7-13(12)16/h4,6-10,15-16H,1,5H2,2-3H3. The van der Waals surface area contributed by atoms with Crippen LogP contribution in [0.4, 0.5) is 0 Å². The maximum absolute atomic E-state index is 9.77. The quantitative estimate of drug-likeness (QED) is 0.807. The smallest absolute Gasteiger partial charge is 0.120 e. The molecule has 0 saturated carbocycles. The van der Waals surface area contributed by atoms with Gasteiger partial charge in [0.1, 0.15) is 5.75 Å². The molecule has 0 aliphatic carbocycles. The first-order chi connectivity index (χ1) is 7.54. The lowest BCUT2D eigenvalue weighted by Crippen LogP contribution is -2.28. The van der Waals surface area contributed by atoms with Crippen molar-refractivity contribution in [1.29, 1.82) is 0 Å². The molecule has 3 heteroatoms. The van der Waals surface area contributed by atoms with Gasteiger partial charge >= 0.3 is 0 Å². The Morgan fingerprint density at radius 2 is 2.19 bits per heavy atom. The number of halogens is 1. The SMILES string of the molecule is C=CCC(C)NC(C)c1cc(Br)ccc1O. The van der Waals surface area contributed by atoms with E-state index in [0.29, 0.717) is 11.8 Å². The zero-order valence-corrected chi connectivity index (χ0v) is 11.3. The molecule has 0 aromatic heterocycles. The van der Waals surface area contributed by atoms with E-state index in [0.717, 1.165) is 16.5 Å². The molecule has 0 aliphatic heterocycles. The number of nitrogens with one attached hydrogen (secondary N) is 1. The van der Waals surface area contributed by atoms with Crippen molar-refractivity contribution < 1.29 is 5.11 Å². The monoisotopic (exact) mass is 283 g/mol. The van der Waals surface area contributed by atoms with Crippen LogP contribution in [0.25, 0.3) is 0 Å². The molecule has 0 spiro atoms. The normalized spacial score (nSPS) is 14.4. The van der Waals surface area contributed by atoms with Crippen LogP contribution in [-0.2, 0) is 0 Å². The van der Waals surface area contributed by atoms with Crippen LogP contribution in [0.3, 0.4) is 0 Å². The van der Waals surface area contributed by atoms with Gasteiger partial charge in [-0.2, -0.15) is 0 Å². The van der Waals surface area contributed by atoms with Crippen molar-refractivity contribution in [2.24, 2.45) is 0 Å². The van der Waals surface area contributed by atoms with E-state index in [1.165, 1.54) is 0 Å². The molecule has 0 amide bonds. The Morgan fingerprint density at radius 1 is 1.50 bits per heavy atom. The van der Waals surface area contributed by atoms with Crippen LogP contribution in [0.1, 0.15) is 31.9 Å². The minimum absolute atomic E-state index is 0.118. The van der Waals surface area contributed by atoms with Crippen molar-refractivity contribution in [2.75, 3.05) is 0 Å². The van der Waals surface area contributed by atoms with Crippen LogP contribution in [0, 0.1) is 0 Å². The molecule has 2 atom stereocenters. The Balaban J connectivity index is 2.75. The van der Waals surface area contributed by atoms with Crippen molar-refractivity contribution in [3.63, 3.8) is 0 Å². The number of benzene rings is 1. The summed E-state index contributed by atoms with van der Waals surface area (Å²) in [5, 5.41) is 13.2. The lowest BCUT2D eigenvalue weighted by molar-refractivity contribution is 0.435. The van der Waals surface area contributed by atoms with Gasteiger partial charge in [0.15, 0.2) is 0 Å². The summed E-state index contributed by atoms with van der Waals surface area (Å²) in [6.45, 7) is 7.86. The second-order valence-corrected chi connectivity index (χ2v) is 4.93. The third kappa shape index (κ3) is 3.65. The molecule has 0 saturated heterocycles. The molecule has 0 bridgehead atoms. The van der Waals surface area contributed by atoms with Crippen molar-refractivity contribution in [3.8, 4) is 5.75 Å². The highest BCUT2D eigenvalue weighted by atomic mass is 79.9. The predicted molar refractivity (Wildman–Crippen MR) is 71.6 cm³/mol. The van der Waals surface area contributed by atoms with Gasteiger partial charge in [-0.3, -0.25) is 0 Å². The van der Waals surface area contributed by atoms with E-state index in [-0.39, 0.29) is 6.04 Å². The zero-order chi connectivity index (χ0) is 12.1. The first-order valence-electron chi connectivity index (χ1n) is 5.40. The molecular weight excluding hydrogens is 266 g/mol. The summed E-state index contributed by atoms with van der Waals surface area (Å²) in [4.78, 5) is 0. The molecule has 0 fully saturated rings. The van der Waals surface area contributed by atoms with Crippen LogP contribution >= 0.6 is 15.9 Å². The van der Waals surface area contributed by atoms with Crippen molar-refractivity contribution >= 4 is 15.9 Å². The molecule has 0 radical (unpaired) electrons. The third-order valence-electron chi connectivity index (χ3n) is 2.51. The van der Waals surface area contributed by atoms with Gasteiger partial charge in [-0.05, 0) is 38.5 Å². The molecule has 2 N–H and O–H groups in total. The molecule has 0 heterocycles. The van der Waals surface area contributed by atoms with Gasteiger partial charge in [-0.1, -0.05) is 22.0 Å². The molecule has 1 aromatic carbocycles. The number of rotatable bonds is 5. The average molecular weight is 284 g/mol. The fourth-order valence-corrected chi connectivity index (χ4v) is 2.09. The Kier molecular flexibility index (Phi) is 5.03. The van der Waals surface area contributed by atoms with E-state index in [1.807, 2.05) is 25.1 Å². The molecule has 2 nitrogen and oxygen atoms in total. The topological polar surface area (TPSA) is 32.3 Å². The largest absolute Gasteiger partial charge is 0.508 e. The molecule has 88 valence electrons. The molecule has 16 heavy (non-hydrogen) atoms. The number of aromatic hydroxyl groups is 1. The van der Waals surface area contributed by atoms with E-state index >= 15 is 0 Å². The fourth-order valence-electron chi connectivity index (χ4n) is 1.71. The molecule has 2 unspecified atom stereocenters. The highest BCUT2D eigenvalue weighted by molar-refractivity contribution is 9.10. The van der Waals surface area contributed by atoms with E-state index < -0.39 is 0 Å². The minimum Gasteiger partial charge on any atom is -0.508 e. The number of hydrogen-bond acceptors (Lipinski definition) is 2. The zero-order valence-electron chi connectivity index (χ0n) is 9.70. The first-order valence-corrected chi connectivity index (χ1v) is 6.19. The number of phenols is 1. The lowest BCUT2D eigenvalue weighted by Gasteiger charge is -2.20. The van der Waals surface area contributed by atoms with Gasteiger partial charge in [-0.15, -0.1) is 6.58 Å². The van der Waals surface area contributed by atoms with Crippen LogP contribution in [0.2, 0.25) is 0 Å².